The molecule has 266 valence electrons. The number of nitrogens with zero attached hydrogens (tertiary/aromatic N) is 5. The number of para-hydroxylation sites is 5. The average molecular weight is 754 g/mol. The van der Waals surface area contributed by atoms with Gasteiger partial charge >= 0.3 is 0 Å². The maximum absolute atomic E-state index is 9.55. The van der Waals surface area contributed by atoms with Crippen molar-refractivity contribution >= 4 is 65.6 Å². The summed E-state index contributed by atoms with van der Waals surface area (Å²) in [5, 5.41) is -0.484. The number of furan rings is 1. The molecular weight excluding hydrogens is 699 g/mol. The zero-order valence-corrected chi connectivity index (χ0v) is 28.7. The minimum atomic E-state index is -0.998. The molecule has 6 heteroatoms. The van der Waals surface area contributed by atoms with Crippen LogP contribution in [0.15, 0.2) is 192 Å². The van der Waals surface area contributed by atoms with Gasteiger partial charge in [0.2, 0.25) is 5.95 Å². The highest BCUT2D eigenvalue weighted by Crippen LogP contribution is 2.38. The lowest BCUT2D eigenvalue weighted by Crippen LogP contribution is -2.06. The SMILES string of the molecule is [2H]c1c([2H])c(-c2c([2H])c([2H])c(-n3c4c([2H])c([2H])c([2H])c([2H])c4c4c([2H])c([2H])c([2H])c([2H])c43)c([2H])c2[2H])c([2H])c([2H])c1-c1nc(-c2cccc3oc4ccccc4c23)nc(-n2c3c([2H])c([2H])c([2H])c([2H])c3c3c([2H])c([2H])c([2H])c([2H])c32)n1. The van der Waals surface area contributed by atoms with Crippen LogP contribution in [0.1, 0.15) is 32.9 Å². The van der Waals surface area contributed by atoms with E-state index in [1.165, 1.54) is 0 Å². The van der Waals surface area contributed by atoms with E-state index in [1.807, 2.05) is 0 Å². The summed E-state index contributed by atoms with van der Waals surface area (Å²) in [7, 11) is 0. The molecule has 12 rings (SSSR count). The molecule has 0 N–H and O–H groups in total. The van der Waals surface area contributed by atoms with Crippen LogP contribution < -0.4 is 0 Å². The standard InChI is InChI=1S/C51H31N5O/c1-6-18-42-36(12-1)37-13-2-7-19-43(37)55(42)35-30-28-33(29-31-35)32-24-26-34(27-25-32)49-52-50(41-17-11-23-47-48(41)40-16-5-10-22-46(40)57-47)54-51(53-49)56-44-20-8-3-14-38(44)39-15-4-9-21-45(39)56/h1-31H/i1D,2D,3D,4D,6D,7D,8D,9D,12D,13D,14D,15D,18D,19D,20D,21D,24D,25D,26D,27D,28D,29D,30D,31D. The van der Waals surface area contributed by atoms with Gasteiger partial charge < -0.3 is 8.98 Å². The van der Waals surface area contributed by atoms with Crippen LogP contribution in [-0.4, -0.2) is 24.1 Å². The maximum Gasteiger partial charge on any atom is 0.238 e. The summed E-state index contributed by atoms with van der Waals surface area (Å²) < 4.78 is 223. The number of benzene rings is 8. The number of hydrogen-bond donors (Lipinski definition) is 0. The molecule has 4 aromatic heterocycles. The summed E-state index contributed by atoms with van der Waals surface area (Å²) >= 11 is 0. The largest absolute Gasteiger partial charge is 0.456 e. The van der Waals surface area contributed by atoms with Crippen molar-refractivity contribution in [1.29, 1.82) is 0 Å². The van der Waals surface area contributed by atoms with E-state index in [0.717, 1.165) is 9.13 Å². The smallest absolute Gasteiger partial charge is 0.238 e. The molecule has 8 aromatic carbocycles. The summed E-state index contributed by atoms with van der Waals surface area (Å²) in [5.74, 6) is -1.47. The van der Waals surface area contributed by atoms with Crippen LogP contribution in [0.4, 0.5) is 0 Å². The molecule has 0 aliphatic rings. The molecule has 0 bridgehead atoms. The van der Waals surface area contributed by atoms with Crippen molar-refractivity contribution < 1.29 is 37.3 Å². The quantitative estimate of drug-likeness (QED) is 0.176. The fourth-order valence-electron chi connectivity index (χ4n) is 7.02. The van der Waals surface area contributed by atoms with Gasteiger partial charge in [0.1, 0.15) is 11.2 Å². The molecule has 0 aliphatic carbocycles. The first kappa shape index (κ1) is 16.1. The third-order valence-electron chi connectivity index (χ3n) is 9.47. The monoisotopic (exact) mass is 753 g/mol. The molecule has 0 spiro atoms. The number of aromatic nitrogens is 5. The Morgan fingerprint density at radius 2 is 0.895 bits per heavy atom. The molecule has 0 saturated heterocycles. The van der Waals surface area contributed by atoms with Crippen LogP contribution in [0, 0.1) is 0 Å². The zero-order chi connectivity index (χ0) is 58.3. The fourth-order valence-corrected chi connectivity index (χ4v) is 7.02. The van der Waals surface area contributed by atoms with E-state index in [0.29, 0.717) is 21.9 Å². The van der Waals surface area contributed by atoms with Crippen LogP contribution in [0.3, 0.4) is 0 Å². The Bertz CT molecular complexity index is 4740. The summed E-state index contributed by atoms with van der Waals surface area (Å²) in [6.07, 6.45) is 0. The molecule has 4 heterocycles. The normalized spacial score (nSPS) is 17.8. The predicted molar refractivity (Wildman–Crippen MR) is 232 cm³/mol. The van der Waals surface area contributed by atoms with Crippen LogP contribution >= 0.6 is 0 Å². The second-order valence-corrected chi connectivity index (χ2v) is 12.6. The van der Waals surface area contributed by atoms with Gasteiger partial charge in [-0.3, -0.25) is 4.57 Å². The van der Waals surface area contributed by atoms with Gasteiger partial charge in [-0.25, -0.2) is 4.98 Å². The molecule has 0 fully saturated rings. The summed E-state index contributed by atoms with van der Waals surface area (Å²) in [6, 6.07) is -7.92. The third kappa shape index (κ3) is 4.87. The predicted octanol–water partition coefficient (Wildman–Crippen LogP) is 13.0. The summed E-state index contributed by atoms with van der Waals surface area (Å²) in [4.78, 5) is 14.1. The Hall–Kier alpha value is -7.83. The van der Waals surface area contributed by atoms with E-state index in [2.05, 4.69) is 4.98 Å². The molecule has 0 amide bonds. The Kier molecular flexibility index (Phi) is 3.49. The zero-order valence-electron chi connectivity index (χ0n) is 52.7. The van der Waals surface area contributed by atoms with E-state index in [4.69, 9.17) is 36.3 Å². The minimum absolute atomic E-state index is 0.219. The molecule has 12 aromatic rings. The highest BCUT2D eigenvalue weighted by atomic mass is 16.3. The van der Waals surface area contributed by atoms with Crippen molar-refractivity contribution in [3.63, 3.8) is 0 Å². The van der Waals surface area contributed by atoms with Gasteiger partial charge in [-0.05, 0) is 59.5 Å². The number of rotatable bonds is 5. The van der Waals surface area contributed by atoms with Crippen LogP contribution in [0.5, 0.6) is 0 Å². The van der Waals surface area contributed by atoms with E-state index >= 15 is 0 Å². The first-order valence-corrected chi connectivity index (χ1v) is 17.2. The molecule has 0 aliphatic heterocycles. The Balaban J connectivity index is 1.16. The van der Waals surface area contributed by atoms with Gasteiger partial charge in [0, 0.05) is 49.1 Å². The van der Waals surface area contributed by atoms with Gasteiger partial charge in [-0.1, -0.05) is 139 Å². The van der Waals surface area contributed by atoms with E-state index < -0.39 is 212 Å². The second kappa shape index (κ2) is 12.3. The molecule has 6 nitrogen and oxygen atoms in total. The van der Waals surface area contributed by atoms with Gasteiger partial charge in [0.15, 0.2) is 11.6 Å². The lowest BCUT2D eigenvalue weighted by molar-refractivity contribution is 0.669. The summed E-state index contributed by atoms with van der Waals surface area (Å²) in [6.45, 7) is 0. The first-order valence-electron chi connectivity index (χ1n) is 29.2. The van der Waals surface area contributed by atoms with Crippen molar-refractivity contribution in [2.75, 3.05) is 0 Å². The van der Waals surface area contributed by atoms with Crippen molar-refractivity contribution in [2.45, 2.75) is 0 Å². The van der Waals surface area contributed by atoms with Crippen molar-refractivity contribution in [3.05, 3.63) is 187 Å². The molecular formula is C51H31N5O. The van der Waals surface area contributed by atoms with Crippen LogP contribution in [-0.2, 0) is 0 Å². The Morgan fingerprint density at radius 1 is 0.404 bits per heavy atom. The molecule has 0 atom stereocenters. The van der Waals surface area contributed by atoms with Crippen LogP contribution in [0.2, 0.25) is 0 Å². The number of hydrogen-bond acceptors (Lipinski definition) is 4. The minimum Gasteiger partial charge on any atom is -0.456 e. The van der Waals surface area contributed by atoms with E-state index in [9.17, 15) is 11.0 Å². The van der Waals surface area contributed by atoms with Crippen LogP contribution in [0.25, 0.3) is 111 Å². The highest BCUT2D eigenvalue weighted by molar-refractivity contribution is 6.12. The van der Waals surface area contributed by atoms with Crippen molar-refractivity contribution in [2.24, 2.45) is 0 Å². The summed E-state index contributed by atoms with van der Waals surface area (Å²) in [5.41, 5.74) is -3.80. The Morgan fingerprint density at radius 3 is 1.51 bits per heavy atom. The fraction of sp³-hybridized carbons (Fsp3) is 0. The topological polar surface area (TPSA) is 61.7 Å². The first-order chi connectivity index (χ1) is 38.3. The lowest BCUT2D eigenvalue weighted by atomic mass is 10.0. The van der Waals surface area contributed by atoms with Crippen molar-refractivity contribution in [1.82, 2.24) is 24.1 Å². The van der Waals surface area contributed by atoms with Crippen molar-refractivity contribution in [3.8, 4) is 45.5 Å². The van der Waals surface area contributed by atoms with Gasteiger partial charge in [-0.2, -0.15) is 9.97 Å². The van der Waals surface area contributed by atoms with Gasteiger partial charge in [0.05, 0.1) is 55.0 Å². The average Bonchev–Trinajstić information content (AvgIpc) is 2.83. The van der Waals surface area contributed by atoms with E-state index in [-0.39, 0.29) is 22.2 Å². The highest BCUT2D eigenvalue weighted by Gasteiger charge is 2.20. The molecule has 0 radical (unpaired) electrons. The van der Waals surface area contributed by atoms with E-state index in [1.54, 1.807) is 42.5 Å². The molecule has 0 unspecified atom stereocenters. The second-order valence-electron chi connectivity index (χ2n) is 12.6. The molecule has 57 heavy (non-hydrogen) atoms. The third-order valence-corrected chi connectivity index (χ3v) is 9.47. The molecule has 0 saturated carbocycles. The maximum atomic E-state index is 9.55. The van der Waals surface area contributed by atoms with Gasteiger partial charge in [0.25, 0.3) is 0 Å². The lowest BCUT2D eigenvalue weighted by Gasteiger charge is -2.12. The number of fused-ring (bicyclic) bond motifs is 9. The van der Waals surface area contributed by atoms with Gasteiger partial charge in [-0.15, -0.1) is 0 Å². The Labute approximate surface area is 360 Å².